The molecule has 3 rings (SSSR count). The number of hydrogen-bond donors (Lipinski definition) is 0. The second-order valence-corrected chi connectivity index (χ2v) is 6.73. The Bertz CT molecular complexity index is 935. The summed E-state index contributed by atoms with van der Waals surface area (Å²) in [6.45, 7) is 3.57. The summed E-state index contributed by atoms with van der Waals surface area (Å²) < 4.78 is 11.8. The van der Waals surface area contributed by atoms with Gasteiger partial charge < -0.3 is 9.47 Å². The Kier molecular flexibility index (Phi) is 6.44. The van der Waals surface area contributed by atoms with E-state index in [4.69, 9.17) is 9.47 Å². The second-order valence-electron chi connectivity index (χ2n) is 5.87. The quantitative estimate of drug-likeness (QED) is 0.273. The summed E-state index contributed by atoms with van der Waals surface area (Å²) in [5, 5.41) is 0. The molecule has 3 nitrogen and oxygen atoms in total. The van der Waals surface area contributed by atoms with Gasteiger partial charge in [0.25, 0.3) is 0 Å². The molecule has 0 unspecified atom stereocenters. The molecular weight excluding hydrogens is 404 g/mol. The first-order valence-corrected chi connectivity index (χ1v) is 9.34. The first kappa shape index (κ1) is 18.9. The third-order valence-electron chi connectivity index (χ3n) is 3.95. The highest BCUT2D eigenvalue weighted by Crippen LogP contribution is 2.31. The lowest BCUT2D eigenvalue weighted by Gasteiger charge is -2.11. The summed E-state index contributed by atoms with van der Waals surface area (Å²) in [7, 11) is 0. The van der Waals surface area contributed by atoms with Crippen LogP contribution < -0.4 is 9.47 Å². The third kappa shape index (κ3) is 5.08. The molecule has 0 aliphatic carbocycles. The van der Waals surface area contributed by atoms with Crippen LogP contribution in [0, 0.1) is 0 Å². The number of allylic oxidation sites excluding steroid dienone is 1. The summed E-state index contributed by atoms with van der Waals surface area (Å²) >= 11 is 3.47. The highest BCUT2D eigenvalue weighted by Gasteiger charge is 2.11. The van der Waals surface area contributed by atoms with Gasteiger partial charge in [-0.2, -0.15) is 0 Å². The van der Waals surface area contributed by atoms with Gasteiger partial charge in [-0.25, -0.2) is 4.79 Å². The van der Waals surface area contributed by atoms with Crippen LogP contribution in [-0.4, -0.2) is 12.6 Å². The molecule has 0 amide bonds. The minimum absolute atomic E-state index is 0.166. The summed E-state index contributed by atoms with van der Waals surface area (Å²) in [4.78, 5) is 12.2. The van der Waals surface area contributed by atoms with E-state index in [0.717, 1.165) is 16.7 Å². The molecule has 0 N–H and O–H groups in total. The number of carbonyl (C=O) groups is 1. The second kappa shape index (κ2) is 9.19. The summed E-state index contributed by atoms with van der Waals surface area (Å²) in [6, 6.07) is 23.2. The maximum atomic E-state index is 12.2. The van der Waals surface area contributed by atoms with Crippen LogP contribution in [0.25, 0.3) is 11.1 Å². The molecule has 0 spiro atoms. The lowest BCUT2D eigenvalue weighted by Crippen LogP contribution is -2.18. The number of rotatable bonds is 7. The molecule has 136 valence electrons. The summed E-state index contributed by atoms with van der Waals surface area (Å²) in [5.41, 5.74) is 3.11. The van der Waals surface area contributed by atoms with Crippen LogP contribution in [0.1, 0.15) is 5.56 Å². The average Bonchev–Trinajstić information content (AvgIpc) is 2.70. The van der Waals surface area contributed by atoms with Gasteiger partial charge >= 0.3 is 5.97 Å². The van der Waals surface area contributed by atoms with Crippen molar-refractivity contribution in [1.29, 1.82) is 0 Å². The third-order valence-corrected chi connectivity index (χ3v) is 4.56. The Morgan fingerprint density at radius 3 is 2.41 bits per heavy atom. The van der Waals surface area contributed by atoms with Crippen molar-refractivity contribution in [2.24, 2.45) is 0 Å². The predicted octanol–water partition coefficient (Wildman–Crippen LogP) is 5.83. The normalized spacial score (nSPS) is 10.3. The lowest BCUT2D eigenvalue weighted by atomic mass is 10.1. The topological polar surface area (TPSA) is 35.5 Å². The molecule has 0 bridgehead atoms. The van der Waals surface area contributed by atoms with Crippen molar-refractivity contribution in [2.45, 2.75) is 6.42 Å². The first-order valence-electron chi connectivity index (χ1n) is 8.54. The number of halogens is 1. The molecule has 3 aromatic rings. The molecule has 0 fully saturated rings. The summed E-state index contributed by atoms with van der Waals surface area (Å²) in [6.07, 6.45) is 2.48. The predicted molar refractivity (Wildman–Crippen MR) is 111 cm³/mol. The zero-order valence-corrected chi connectivity index (χ0v) is 16.3. The highest BCUT2D eigenvalue weighted by atomic mass is 79.9. The van der Waals surface area contributed by atoms with E-state index < -0.39 is 5.97 Å². The van der Waals surface area contributed by atoms with Crippen molar-refractivity contribution in [3.8, 4) is 22.6 Å². The number of carbonyl (C=O) groups excluding carboxylic acids is 1. The van der Waals surface area contributed by atoms with Crippen molar-refractivity contribution in [1.82, 2.24) is 0 Å². The van der Waals surface area contributed by atoms with E-state index in [1.807, 2.05) is 66.7 Å². The number of hydrogen-bond acceptors (Lipinski definition) is 3. The standard InChI is InChI=1S/C23H19BrO3/c1-2-8-18-11-6-7-12-21(18)26-16-23(25)27-22-14-13-19(15-20(22)24)17-9-4-3-5-10-17/h2-7,9-15H,1,8,16H2. The van der Waals surface area contributed by atoms with E-state index in [-0.39, 0.29) is 6.61 Å². The maximum absolute atomic E-state index is 12.2. The van der Waals surface area contributed by atoms with Crippen LogP contribution in [0.15, 0.2) is 89.9 Å². The first-order chi connectivity index (χ1) is 13.2. The molecule has 0 atom stereocenters. The van der Waals surface area contributed by atoms with Gasteiger partial charge in [-0.3, -0.25) is 0 Å². The molecule has 0 aliphatic heterocycles. The molecule has 0 saturated carbocycles. The average molecular weight is 423 g/mol. The summed E-state index contributed by atoms with van der Waals surface area (Å²) in [5.74, 6) is 0.659. The molecule has 0 saturated heterocycles. The molecule has 0 radical (unpaired) electrons. The molecule has 4 heteroatoms. The van der Waals surface area contributed by atoms with E-state index in [2.05, 4.69) is 22.5 Å². The molecule has 0 aromatic heterocycles. The number of esters is 1. The van der Waals surface area contributed by atoms with E-state index in [1.54, 1.807) is 12.1 Å². The maximum Gasteiger partial charge on any atom is 0.349 e. The van der Waals surface area contributed by atoms with Crippen LogP contribution in [0.2, 0.25) is 0 Å². The fourth-order valence-corrected chi connectivity index (χ4v) is 3.11. The van der Waals surface area contributed by atoms with Gasteiger partial charge in [0.2, 0.25) is 0 Å². The van der Waals surface area contributed by atoms with Crippen LogP contribution in [0.5, 0.6) is 11.5 Å². The van der Waals surface area contributed by atoms with E-state index in [9.17, 15) is 4.79 Å². The van der Waals surface area contributed by atoms with Gasteiger partial charge in [0.15, 0.2) is 6.61 Å². The zero-order chi connectivity index (χ0) is 19.1. The molecule has 3 aromatic carbocycles. The number of ether oxygens (including phenoxy) is 2. The molecule has 0 heterocycles. The Balaban J connectivity index is 1.64. The molecule has 0 aliphatic rings. The van der Waals surface area contributed by atoms with Crippen molar-refractivity contribution in [2.75, 3.05) is 6.61 Å². The molecular formula is C23H19BrO3. The Hall–Kier alpha value is -2.85. The largest absolute Gasteiger partial charge is 0.482 e. The van der Waals surface area contributed by atoms with E-state index in [1.165, 1.54) is 0 Å². The minimum Gasteiger partial charge on any atom is -0.482 e. The number of benzene rings is 3. The van der Waals surface area contributed by atoms with Crippen molar-refractivity contribution >= 4 is 21.9 Å². The lowest BCUT2D eigenvalue weighted by molar-refractivity contribution is -0.136. The van der Waals surface area contributed by atoms with Gasteiger partial charge in [-0.1, -0.05) is 60.7 Å². The van der Waals surface area contributed by atoms with Gasteiger partial charge in [0.1, 0.15) is 11.5 Å². The van der Waals surface area contributed by atoms with E-state index in [0.29, 0.717) is 22.4 Å². The van der Waals surface area contributed by atoms with Crippen LogP contribution in [0.3, 0.4) is 0 Å². The van der Waals surface area contributed by atoms with Crippen molar-refractivity contribution in [3.63, 3.8) is 0 Å². The van der Waals surface area contributed by atoms with Crippen LogP contribution >= 0.6 is 15.9 Å². The highest BCUT2D eigenvalue weighted by molar-refractivity contribution is 9.10. The number of para-hydroxylation sites is 1. The van der Waals surface area contributed by atoms with Gasteiger partial charge in [0, 0.05) is 0 Å². The smallest absolute Gasteiger partial charge is 0.349 e. The van der Waals surface area contributed by atoms with Crippen molar-refractivity contribution in [3.05, 3.63) is 95.5 Å². The van der Waals surface area contributed by atoms with Crippen molar-refractivity contribution < 1.29 is 14.3 Å². The Morgan fingerprint density at radius 1 is 0.926 bits per heavy atom. The van der Waals surface area contributed by atoms with E-state index >= 15 is 0 Å². The Morgan fingerprint density at radius 2 is 1.67 bits per heavy atom. The SMILES string of the molecule is C=CCc1ccccc1OCC(=O)Oc1ccc(-c2ccccc2)cc1Br. The van der Waals surface area contributed by atoms with Gasteiger partial charge in [-0.15, -0.1) is 6.58 Å². The minimum atomic E-state index is -0.462. The monoisotopic (exact) mass is 422 g/mol. The van der Waals surface area contributed by atoms with Crippen LogP contribution in [-0.2, 0) is 11.2 Å². The zero-order valence-electron chi connectivity index (χ0n) is 14.7. The van der Waals surface area contributed by atoms with Crippen LogP contribution in [0.4, 0.5) is 0 Å². The fourth-order valence-electron chi connectivity index (χ4n) is 2.65. The van der Waals surface area contributed by atoms with Gasteiger partial charge in [-0.05, 0) is 57.2 Å². The Labute approximate surface area is 167 Å². The van der Waals surface area contributed by atoms with Gasteiger partial charge in [0.05, 0.1) is 4.47 Å². The fraction of sp³-hybridized carbons (Fsp3) is 0.0870. The molecule has 27 heavy (non-hydrogen) atoms.